The maximum atomic E-state index is 10.1. The van der Waals surface area contributed by atoms with E-state index in [1.165, 1.54) is 14.1 Å². The fourth-order valence-electron chi connectivity index (χ4n) is 0.213. The van der Waals surface area contributed by atoms with Crippen LogP contribution in [0.15, 0.2) is 0 Å². The Morgan fingerprint density at radius 2 is 1.57 bits per heavy atom. The predicted molar refractivity (Wildman–Crippen MR) is 22.1 cm³/mol. The van der Waals surface area contributed by atoms with Gasteiger partial charge in [0.2, 0.25) is 0 Å². The first-order valence-corrected chi connectivity index (χ1v) is 3.12. The van der Waals surface area contributed by atoms with Gasteiger partial charge in [0.15, 0.2) is 0 Å². The SMILES string of the molecule is C[N+]1(C)OS1(=O)=O. The maximum Gasteiger partial charge on any atom is 0.514 e. The third-order valence-electron chi connectivity index (χ3n) is 0.793. The Hall–Kier alpha value is -0.130. The highest BCUT2D eigenvalue weighted by Gasteiger charge is 2.60. The van der Waals surface area contributed by atoms with E-state index in [1.807, 2.05) is 0 Å². The minimum Gasteiger partial charge on any atom is -0.138 e. The molecule has 0 aromatic heterocycles. The Morgan fingerprint density at radius 1 is 1.43 bits per heavy atom. The molecule has 42 valence electrons. The average Bonchev–Trinajstić information content (AvgIpc) is 1.63. The Kier molecular flexibility index (Phi) is 0.602. The Labute approximate surface area is 42.1 Å². The van der Waals surface area contributed by atoms with Gasteiger partial charge < -0.3 is 0 Å². The number of hydrogen-bond donors (Lipinski definition) is 0. The summed E-state index contributed by atoms with van der Waals surface area (Å²) < 4.78 is 24.2. The average molecular weight is 124 g/mol. The number of rotatable bonds is 0. The van der Waals surface area contributed by atoms with Gasteiger partial charge >= 0.3 is 10.3 Å². The van der Waals surface area contributed by atoms with Crippen LogP contribution < -0.4 is 0 Å². The van der Waals surface area contributed by atoms with Crippen molar-refractivity contribution < 1.29 is 16.8 Å². The predicted octanol–water partition coefficient (Wildman–Crippen LogP) is -0.747. The van der Waals surface area contributed by atoms with Gasteiger partial charge in [-0.2, -0.15) is 0 Å². The van der Waals surface area contributed by atoms with Crippen LogP contribution in [0.2, 0.25) is 0 Å². The molecular weight excluding hydrogens is 118 g/mol. The van der Waals surface area contributed by atoms with E-state index in [2.05, 4.69) is 4.28 Å². The molecular formula is C2H6NO3S+. The Morgan fingerprint density at radius 3 is 1.57 bits per heavy atom. The van der Waals surface area contributed by atoms with Gasteiger partial charge in [0, 0.05) is 0 Å². The highest BCUT2D eigenvalue weighted by molar-refractivity contribution is 7.84. The topological polar surface area (TPSA) is 46.7 Å². The number of hydroxylamine groups is 2. The van der Waals surface area contributed by atoms with Gasteiger partial charge in [0.05, 0.1) is 0 Å². The lowest BCUT2D eigenvalue weighted by atomic mass is 11.2. The summed E-state index contributed by atoms with van der Waals surface area (Å²) in [6, 6.07) is 0. The molecule has 4 nitrogen and oxygen atoms in total. The summed E-state index contributed by atoms with van der Waals surface area (Å²) in [5, 5.41) is 0. The zero-order valence-corrected chi connectivity index (χ0v) is 4.90. The molecule has 0 atom stereocenters. The lowest BCUT2D eigenvalue weighted by molar-refractivity contribution is -0.845. The van der Waals surface area contributed by atoms with Crippen molar-refractivity contribution in [3.8, 4) is 0 Å². The molecule has 1 heterocycles. The molecule has 7 heavy (non-hydrogen) atoms. The van der Waals surface area contributed by atoms with Crippen LogP contribution in [0.5, 0.6) is 0 Å². The van der Waals surface area contributed by atoms with Gasteiger partial charge in [-0.15, -0.1) is 8.42 Å². The fraction of sp³-hybridized carbons (Fsp3) is 1.00. The van der Waals surface area contributed by atoms with Gasteiger partial charge in [0.25, 0.3) is 0 Å². The smallest absolute Gasteiger partial charge is 0.138 e. The second-order valence-electron chi connectivity index (χ2n) is 1.75. The van der Waals surface area contributed by atoms with Crippen molar-refractivity contribution in [1.82, 2.24) is 0 Å². The summed E-state index contributed by atoms with van der Waals surface area (Å²) >= 11 is 0. The van der Waals surface area contributed by atoms with Gasteiger partial charge in [-0.05, 0) is 8.34 Å². The van der Waals surface area contributed by atoms with E-state index in [0.717, 1.165) is 0 Å². The van der Waals surface area contributed by atoms with Crippen molar-refractivity contribution in [2.24, 2.45) is 0 Å². The molecule has 0 N–H and O–H groups in total. The molecule has 1 fully saturated rings. The summed E-state index contributed by atoms with van der Waals surface area (Å²) in [4.78, 5) is 0. The van der Waals surface area contributed by atoms with E-state index in [0.29, 0.717) is 0 Å². The minimum absolute atomic E-state index is 0.326. The largest absolute Gasteiger partial charge is 0.514 e. The van der Waals surface area contributed by atoms with E-state index in [9.17, 15) is 8.42 Å². The molecule has 5 heteroatoms. The zero-order valence-electron chi connectivity index (χ0n) is 4.08. The molecule has 0 radical (unpaired) electrons. The van der Waals surface area contributed by atoms with E-state index in [4.69, 9.17) is 0 Å². The summed E-state index contributed by atoms with van der Waals surface area (Å²) in [7, 11) is -0.250. The van der Waals surface area contributed by atoms with Gasteiger partial charge in [-0.3, -0.25) is 0 Å². The van der Waals surface area contributed by atoms with Gasteiger partial charge in [0.1, 0.15) is 14.1 Å². The lowest BCUT2D eigenvalue weighted by Gasteiger charge is -1.80. The van der Waals surface area contributed by atoms with Crippen LogP contribution in [0.25, 0.3) is 0 Å². The minimum atomic E-state index is -3.16. The molecule has 0 aromatic carbocycles. The van der Waals surface area contributed by atoms with Crippen LogP contribution in [-0.4, -0.2) is 26.6 Å². The maximum absolute atomic E-state index is 10.1. The molecule has 0 amide bonds. The standard InChI is InChI=1S/C2H6NO3S/c1-3(2)6-7(3,4)5/h1-2H3/q+1. The molecule has 0 spiro atoms. The monoisotopic (exact) mass is 124 g/mol. The second-order valence-corrected chi connectivity index (χ2v) is 3.64. The van der Waals surface area contributed by atoms with Crippen molar-refractivity contribution in [3.63, 3.8) is 0 Å². The van der Waals surface area contributed by atoms with E-state index in [-0.39, 0.29) is 4.05 Å². The molecule has 1 rings (SSSR count). The highest BCUT2D eigenvalue weighted by atomic mass is 32.3. The lowest BCUT2D eigenvalue weighted by Crippen LogP contribution is -2.12. The first-order valence-electron chi connectivity index (χ1n) is 1.76. The third kappa shape index (κ3) is 0.531. The summed E-state index contributed by atoms with van der Waals surface area (Å²) in [6.07, 6.45) is 0. The van der Waals surface area contributed by atoms with E-state index < -0.39 is 10.3 Å². The number of nitrogens with zero attached hydrogens (tertiary/aromatic N) is 1. The van der Waals surface area contributed by atoms with Crippen LogP contribution in [0, 0.1) is 0 Å². The van der Waals surface area contributed by atoms with Gasteiger partial charge in [-0.25, -0.2) is 0 Å². The first-order chi connectivity index (χ1) is 2.96. The molecule has 1 saturated heterocycles. The second kappa shape index (κ2) is 0.841. The zero-order chi connectivity index (χ0) is 5.71. The number of hydrogen-bond acceptors (Lipinski definition) is 3. The summed E-state index contributed by atoms with van der Waals surface area (Å²) in [6.45, 7) is 0. The van der Waals surface area contributed by atoms with Crippen molar-refractivity contribution in [2.45, 2.75) is 0 Å². The van der Waals surface area contributed by atoms with Crippen molar-refractivity contribution >= 4 is 10.3 Å². The van der Waals surface area contributed by atoms with Crippen molar-refractivity contribution in [1.29, 1.82) is 0 Å². The first kappa shape index (κ1) is 5.02. The fourth-order valence-corrected chi connectivity index (χ4v) is 0.789. The Balaban J connectivity index is 3.00. The molecule has 0 unspecified atom stereocenters. The van der Waals surface area contributed by atoms with Crippen LogP contribution in [-0.2, 0) is 14.6 Å². The normalized spacial score (nSPS) is 32.3. The molecule has 0 bridgehead atoms. The van der Waals surface area contributed by atoms with E-state index >= 15 is 0 Å². The number of quaternary nitrogens is 1. The van der Waals surface area contributed by atoms with Crippen LogP contribution in [0.4, 0.5) is 0 Å². The summed E-state index contributed by atoms with van der Waals surface area (Å²) in [5.74, 6) is 0. The van der Waals surface area contributed by atoms with E-state index in [1.54, 1.807) is 0 Å². The Bertz CT molecular complexity index is 179. The highest BCUT2D eigenvalue weighted by Crippen LogP contribution is 2.28. The van der Waals surface area contributed by atoms with Crippen LogP contribution in [0.3, 0.4) is 0 Å². The molecule has 1 aliphatic rings. The summed E-state index contributed by atoms with van der Waals surface area (Å²) in [5.41, 5.74) is 0. The van der Waals surface area contributed by atoms with Crippen molar-refractivity contribution in [2.75, 3.05) is 14.1 Å². The molecule has 0 aromatic rings. The van der Waals surface area contributed by atoms with Gasteiger partial charge in [-0.1, -0.05) is 0 Å². The third-order valence-corrected chi connectivity index (χ3v) is 2.38. The quantitative estimate of drug-likeness (QED) is 0.315. The van der Waals surface area contributed by atoms with Crippen LogP contribution in [0.1, 0.15) is 0 Å². The van der Waals surface area contributed by atoms with Crippen molar-refractivity contribution in [3.05, 3.63) is 0 Å². The molecule has 1 aliphatic heterocycles. The molecule has 0 saturated carbocycles. The molecule has 0 aliphatic carbocycles. The van der Waals surface area contributed by atoms with Crippen LogP contribution >= 0.6 is 0 Å².